The molecule has 3 nitrogen and oxygen atoms in total. The number of thiazole rings is 1. The SMILES string of the molecule is Cc1nc(C2CCC2)sc1CC1CNCCN1C. The molecule has 100 valence electrons. The van der Waals surface area contributed by atoms with E-state index in [-0.39, 0.29) is 0 Å². The standard InChI is InChI=1S/C14H23N3S/c1-10-13(8-12-9-15-6-7-17(12)2)18-14(16-10)11-4-3-5-11/h11-12,15H,3-9H2,1-2H3. The summed E-state index contributed by atoms with van der Waals surface area (Å²) in [6, 6.07) is 0.646. The molecule has 1 atom stereocenters. The number of rotatable bonds is 3. The normalized spacial score (nSPS) is 26.2. The molecule has 0 aromatic carbocycles. The molecule has 18 heavy (non-hydrogen) atoms. The molecule has 1 unspecified atom stereocenters. The Hall–Kier alpha value is -0.450. The molecule has 0 radical (unpaired) electrons. The summed E-state index contributed by atoms with van der Waals surface area (Å²) in [7, 11) is 2.24. The largest absolute Gasteiger partial charge is 0.314 e. The summed E-state index contributed by atoms with van der Waals surface area (Å²) < 4.78 is 0. The monoisotopic (exact) mass is 265 g/mol. The van der Waals surface area contributed by atoms with Gasteiger partial charge in [0, 0.05) is 42.9 Å². The van der Waals surface area contributed by atoms with Gasteiger partial charge in [-0.05, 0) is 26.8 Å². The minimum atomic E-state index is 0.646. The summed E-state index contributed by atoms with van der Waals surface area (Å²) in [6.45, 7) is 5.59. The molecule has 1 saturated carbocycles. The summed E-state index contributed by atoms with van der Waals surface area (Å²) in [5.74, 6) is 0.782. The van der Waals surface area contributed by atoms with E-state index in [0.29, 0.717) is 6.04 Å². The summed E-state index contributed by atoms with van der Waals surface area (Å²) in [5.41, 5.74) is 1.28. The van der Waals surface area contributed by atoms with Gasteiger partial charge in [-0.2, -0.15) is 0 Å². The Kier molecular flexibility index (Phi) is 3.68. The molecular weight excluding hydrogens is 242 g/mol. The first-order valence-electron chi connectivity index (χ1n) is 7.11. The lowest BCUT2D eigenvalue weighted by atomic mass is 9.86. The number of aryl methyl sites for hydroxylation is 1. The zero-order valence-corrected chi connectivity index (χ0v) is 12.2. The van der Waals surface area contributed by atoms with Crippen LogP contribution in [-0.2, 0) is 6.42 Å². The van der Waals surface area contributed by atoms with Gasteiger partial charge in [-0.1, -0.05) is 6.42 Å². The van der Waals surface area contributed by atoms with Crippen LogP contribution in [0.4, 0.5) is 0 Å². The maximum Gasteiger partial charge on any atom is 0.0961 e. The lowest BCUT2D eigenvalue weighted by Crippen LogP contribution is -2.50. The number of nitrogens with zero attached hydrogens (tertiary/aromatic N) is 2. The zero-order valence-electron chi connectivity index (χ0n) is 11.4. The quantitative estimate of drug-likeness (QED) is 0.908. The Labute approximate surface area is 114 Å². The van der Waals surface area contributed by atoms with Crippen molar-refractivity contribution < 1.29 is 0 Å². The summed E-state index contributed by atoms with van der Waals surface area (Å²) in [6.07, 6.45) is 5.28. The first kappa shape index (κ1) is 12.6. The van der Waals surface area contributed by atoms with Crippen molar-refractivity contribution >= 4 is 11.3 Å². The minimum Gasteiger partial charge on any atom is -0.314 e. The van der Waals surface area contributed by atoms with Crippen molar-refractivity contribution in [1.29, 1.82) is 0 Å². The van der Waals surface area contributed by atoms with Gasteiger partial charge < -0.3 is 10.2 Å². The molecule has 1 aromatic rings. The van der Waals surface area contributed by atoms with Gasteiger partial charge in [-0.25, -0.2) is 4.98 Å². The van der Waals surface area contributed by atoms with E-state index in [1.165, 1.54) is 41.3 Å². The van der Waals surface area contributed by atoms with Crippen molar-refractivity contribution in [2.24, 2.45) is 0 Å². The van der Waals surface area contributed by atoms with Crippen LogP contribution in [0.2, 0.25) is 0 Å². The van der Waals surface area contributed by atoms with E-state index in [1.807, 2.05) is 11.3 Å². The maximum absolute atomic E-state index is 4.80. The topological polar surface area (TPSA) is 28.2 Å². The Bertz CT molecular complexity index is 411. The number of nitrogens with one attached hydrogen (secondary N) is 1. The summed E-state index contributed by atoms with van der Waals surface area (Å²) >= 11 is 1.97. The molecule has 1 N–H and O–H groups in total. The van der Waals surface area contributed by atoms with Crippen LogP contribution in [0, 0.1) is 6.92 Å². The van der Waals surface area contributed by atoms with Crippen molar-refractivity contribution in [3.63, 3.8) is 0 Å². The third-order valence-corrected chi connectivity index (χ3v) is 5.77. The average molecular weight is 265 g/mol. The van der Waals surface area contributed by atoms with E-state index in [1.54, 1.807) is 0 Å². The van der Waals surface area contributed by atoms with Crippen LogP contribution in [0.5, 0.6) is 0 Å². The van der Waals surface area contributed by atoms with Crippen LogP contribution in [0.15, 0.2) is 0 Å². The third kappa shape index (κ3) is 2.46. The number of piperazine rings is 1. The second kappa shape index (κ2) is 5.27. The number of hydrogen-bond acceptors (Lipinski definition) is 4. The van der Waals surface area contributed by atoms with Crippen LogP contribution in [0.25, 0.3) is 0 Å². The van der Waals surface area contributed by atoms with Crippen LogP contribution >= 0.6 is 11.3 Å². The zero-order chi connectivity index (χ0) is 12.5. The van der Waals surface area contributed by atoms with Gasteiger partial charge in [0.05, 0.1) is 10.7 Å². The molecule has 1 aliphatic carbocycles. The third-order valence-electron chi connectivity index (χ3n) is 4.43. The average Bonchev–Trinajstić information content (AvgIpc) is 2.61. The lowest BCUT2D eigenvalue weighted by molar-refractivity contribution is 0.199. The predicted molar refractivity (Wildman–Crippen MR) is 76.4 cm³/mol. The van der Waals surface area contributed by atoms with Crippen LogP contribution < -0.4 is 5.32 Å². The molecule has 0 amide bonds. The number of hydrogen-bond donors (Lipinski definition) is 1. The van der Waals surface area contributed by atoms with E-state index < -0.39 is 0 Å². The Morgan fingerprint density at radius 3 is 2.94 bits per heavy atom. The van der Waals surface area contributed by atoms with E-state index in [2.05, 4.69) is 24.2 Å². The molecule has 2 fully saturated rings. The van der Waals surface area contributed by atoms with Gasteiger partial charge in [0.15, 0.2) is 0 Å². The van der Waals surface area contributed by atoms with Crippen molar-refractivity contribution in [2.75, 3.05) is 26.7 Å². The molecule has 1 aliphatic heterocycles. The Balaban J connectivity index is 1.69. The fraction of sp³-hybridized carbons (Fsp3) is 0.786. The smallest absolute Gasteiger partial charge is 0.0961 e. The lowest BCUT2D eigenvalue weighted by Gasteiger charge is -2.32. The van der Waals surface area contributed by atoms with Gasteiger partial charge in [0.2, 0.25) is 0 Å². The highest BCUT2D eigenvalue weighted by atomic mass is 32.1. The molecule has 0 bridgehead atoms. The van der Waals surface area contributed by atoms with Crippen molar-refractivity contribution in [2.45, 2.75) is 44.6 Å². The van der Waals surface area contributed by atoms with Gasteiger partial charge in [0.25, 0.3) is 0 Å². The van der Waals surface area contributed by atoms with Crippen LogP contribution in [0.3, 0.4) is 0 Å². The molecule has 2 heterocycles. The van der Waals surface area contributed by atoms with E-state index in [9.17, 15) is 0 Å². The molecule has 1 aromatic heterocycles. The van der Waals surface area contributed by atoms with Gasteiger partial charge in [0.1, 0.15) is 0 Å². The Morgan fingerprint density at radius 2 is 2.28 bits per heavy atom. The fourth-order valence-corrected chi connectivity index (χ4v) is 4.08. The second-order valence-electron chi connectivity index (χ2n) is 5.73. The second-order valence-corrected chi connectivity index (χ2v) is 6.85. The predicted octanol–water partition coefficient (Wildman–Crippen LogP) is 2.17. The molecule has 4 heteroatoms. The molecule has 0 spiro atoms. The summed E-state index contributed by atoms with van der Waals surface area (Å²) in [4.78, 5) is 8.80. The fourth-order valence-electron chi connectivity index (χ4n) is 2.77. The van der Waals surface area contributed by atoms with E-state index in [0.717, 1.165) is 25.6 Å². The van der Waals surface area contributed by atoms with Crippen LogP contribution in [0.1, 0.15) is 40.8 Å². The van der Waals surface area contributed by atoms with E-state index >= 15 is 0 Å². The molecule has 3 rings (SSSR count). The van der Waals surface area contributed by atoms with Crippen LogP contribution in [-0.4, -0.2) is 42.6 Å². The van der Waals surface area contributed by atoms with Crippen molar-refractivity contribution in [1.82, 2.24) is 15.2 Å². The highest BCUT2D eigenvalue weighted by Gasteiger charge is 2.25. The molecular formula is C14H23N3S. The Morgan fingerprint density at radius 1 is 1.44 bits per heavy atom. The van der Waals surface area contributed by atoms with Crippen molar-refractivity contribution in [3.05, 3.63) is 15.6 Å². The van der Waals surface area contributed by atoms with Crippen molar-refractivity contribution in [3.8, 4) is 0 Å². The van der Waals surface area contributed by atoms with Gasteiger partial charge >= 0.3 is 0 Å². The van der Waals surface area contributed by atoms with E-state index in [4.69, 9.17) is 4.98 Å². The highest BCUT2D eigenvalue weighted by molar-refractivity contribution is 7.11. The molecule has 2 aliphatic rings. The van der Waals surface area contributed by atoms with Gasteiger partial charge in [-0.3, -0.25) is 0 Å². The number of aromatic nitrogens is 1. The number of likely N-dealkylation sites (N-methyl/N-ethyl adjacent to an activating group) is 1. The molecule has 1 saturated heterocycles. The first-order chi connectivity index (χ1) is 8.74. The van der Waals surface area contributed by atoms with Gasteiger partial charge in [-0.15, -0.1) is 11.3 Å². The maximum atomic E-state index is 4.80. The highest BCUT2D eigenvalue weighted by Crippen LogP contribution is 2.39. The minimum absolute atomic E-state index is 0.646. The summed E-state index contributed by atoms with van der Waals surface area (Å²) in [5, 5.41) is 4.90. The first-order valence-corrected chi connectivity index (χ1v) is 7.93.